The van der Waals surface area contributed by atoms with Gasteiger partial charge in [-0.3, -0.25) is 9.69 Å². The summed E-state index contributed by atoms with van der Waals surface area (Å²) in [6, 6.07) is 0.870. The smallest absolute Gasteiger partial charge is 0.353 e. The number of anilines is 1. The molecular weight excluding hydrogens is 430 g/mol. The van der Waals surface area contributed by atoms with Crippen LogP contribution in [0.2, 0.25) is 15.1 Å². The molecule has 0 radical (unpaired) electrons. The Morgan fingerprint density at radius 3 is 2.30 bits per heavy atom. The molecule has 0 aromatic carbocycles. The molecule has 0 unspecified atom stereocenters. The lowest BCUT2D eigenvalue weighted by atomic mass is 10.2. The summed E-state index contributed by atoms with van der Waals surface area (Å²) in [5, 5.41) is 3.89. The van der Waals surface area contributed by atoms with Crippen LogP contribution in [0.15, 0.2) is 23.3 Å². The van der Waals surface area contributed by atoms with Gasteiger partial charge < -0.3 is 4.90 Å². The van der Waals surface area contributed by atoms with E-state index < -0.39 is 17.3 Å². The van der Waals surface area contributed by atoms with E-state index in [1.807, 2.05) is 4.90 Å². The van der Waals surface area contributed by atoms with Gasteiger partial charge in [-0.15, -0.1) is 0 Å². The Bertz CT molecular complexity index is 897. The molecule has 3 heterocycles. The summed E-state index contributed by atoms with van der Waals surface area (Å²) in [7, 11) is 0. The lowest BCUT2D eigenvalue weighted by molar-refractivity contribution is -0.137. The first kappa shape index (κ1) is 20.2. The SMILES string of the molecule is O=c1c(Cl)c(Cl)cnn1CN1CCN(c2ncc(C(F)(F)F)cc2Cl)CC1. The first-order chi connectivity index (χ1) is 12.7. The van der Waals surface area contributed by atoms with Crippen LogP contribution >= 0.6 is 34.8 Å². The number of rotatable bonds is 3. The van der Waals surface area contributed by atoms with Gasteiger partial charge in [0.2, 0.25) is 0 Å². The number of halogens is 6. The minimum Gasteiger partial charge on any atom is -0.353 e. The van der Waals surface area contributed by atoms with Crippen LogP contribution in [0.4, 0.5) is 19.0 Å². The van der Waals surface area contributed by atoms with Crippen molar-refractivity contribution >= 4 is 40.6 Å². The van der Waals surface area contributed by atoms with Gasteiger partial charge in [-0.05, 0) is 6.07 Å². The normalized spacial score (nSPS) is 16.0. The molecule has 6 nitrogen and oxygen atoms in total. The molecule has 1 aliphatic rings. The van der Waals surface area contributed by atoms with Crippen molar-refractivity contribution in [2.45, 2.75) is 12.8 Å². The molecule has 3 rings (SSSR count). The second-order valence-corrected chi connectivity index (χ2v) is 7.08. The highest BCUT2D eigenvalue weighted by Crippen LogP contribution is 2.33. The molecule has 0 N–H and O–H groups in total. The van der Waals surface area contributed by atoms with Gasteiger partial charge in [0.15, 0.2) is 0 Å². The molecule has 1 aliphatic heterocycles. The van der Waals surface area contributed by atoms with Crippen molar-refractivity contribution in [1.82, 2.24) is 19.7 Å². The van der Waals surface area contributed by atoms with Crippen LogP contribution in [0.3, 0.4) is 0 Å². The van der Waals surface area contributed by atoms with E-state index >= 15 is 0 Å². The minimum absolute atomic E-state index is 0.0550. The van der Waals surface area contributed by atoms with Gasteiger partial charge in [0.1, 0.15) is 10.8 Å². The van der Waals surface area contributed by atoms with Crippen molar-refractivity contribution in [3.8, 4) is 0 Å². The molecular formula is C15H13Cl3F3N5O. The molecule has 12 heteroatoms. The maximum absolute atomic E-state index is 12.7. The topological polar surface area (TPSA) is 54.3 Å². The number of nitrogens with zero attached hydrogens (tertiary/aromatic N) is 5. The van der Waals surface area contributed by atoms with E-state index in [9.17, 15) is 18.0 Å². The van der Waals surface area contributed by atoms with E-state index in [0.29, 0.717) is 32.0 Å². The second-order valence-electron chi connectivity index (χ2n) is 5.88. The summed E-state index contributed by atoms with van der Waals surface area (Å²) in [5.41, 5.74) is -1.38. The van der Waals surface area contributed by atoms with Gasteiger partial charge in [-0.2, -0.15) is 18.3 Å². The summed E-state index contributed by atoms with van der Waals surface area (Å²) in [5.74, 6) is 0.300. The minimum atomic E-state index is -4.49. The van der Waals surface area contributed by atoms with E-state index in [0.717, 1.165) is 12.3 Å². The van der Waals surface area contributed by atoms with Gasteiger partial charge in [0.25, 0.3) is 5.56 Å². The third-order valence-corrected chi connectivity index (χ3v) is 5.12. The number of alkyl halides is 3. The van der Waals surface area contributed by atoms with Crippen LogP contribution in [0.25, 0.3) is 0 Å². The van der Waals surface area contributed by atoms with Crippen molar-refractivity contribution in [3.05, 3.63) is 49.4 Å². The molecule has 0 amide bonds. The Labute approximate surface area is 167 Å². The van der Waals surface area contributed by atoms with Crippen LogP contribution in [-0.4, -0.2) is 45.8 Å². The molecule has 0 saturated carbocycles. The number of hydrogen-bond acceptors (Lipinski definition) is 5. The van der Waals surface area contributed by atoms with E-state index in [4.69, 9.17) is 34.8 Å². The van der Waals surface area contributed by atoms with Gasteiger partial charge in [0, 0.05) is 32.4 Å². The number of piperazine rings is 1. The van der Waals surface area contributed by atoms with Crippen molar-refractivity contribution < 1.29 is 13.2 Å². The number of hydrogen-bond donors (Lipinski definition) is 0. The monoisotopic (exact) mass is 441 g/mol. The van der Waals surface area contributed by atoms with Crippen molar-refractivity contribution in [2.24, 2.45) is 0 Å². The Morgan fingerprint density at radius 1 is 1.04 bits per heavy atom. The maximum atomic E-state index is 12.7. The molecule has 2 aromatic rings. The predicted octanol–water partition coefficient (Wildman–Crippen LogP) is 3.40. The average molecular weight is 443 g/mol. The van der Waals surface area contributed by atoms with E-state index in [1.165, 1.54) is 10.9 Å². The van der Waals surface area contributed by atoms with Crippen LogP contribution in [0.1, 0.15) is 5.56 Å². The largest absolute Gasteiger partial charge is 0.417 e. The molecule has 0 bridgehead atoms. The average Bonchev–Trinajstić information content (AvgIpc) is 2.62. The summed E-state index contributed by atoms with van der Waals surface area (Å²) in [6.07, 6.45) is -2.42. The van der Waals surface area contributed by atoms with Crippen molar-refractivity contribution in [2.75, 3.05) is 31.1 Å². The van der Waals surface area contributed by atoms with Gasteiger partial charge in [-0.25, -0.2) is 9.67 Å². The maximum Gasteiger partial charge on any atom is 0.417 e. The molecule has 0 spiro atoms. The Morgan fingerprint density at radius 2 is 1.70 bits per heavy atom. The summed E-state index contributed by atoms with van der Waals surface area (Å²) < 4.78 is 39.3. The van der Waals surface area contributed by atoms with E-state index in [1.54, 1.807) is 4.90 Å². The van der Waals surface area contributed by atoms with E-state index in [-0.39, 0.29) is 21.7 Å². The Kier molecular flexibility index (Phi) is 5.85. The molecule has 2 aromatic heterocycles. The molecule has 0 aliphatic carbocycles. The van der Waals surface area contributed by atoms with Crippen LogP contribution in [-0.2, 0) is 12.8 Å². The lowest BCUT2D eigenvalue weighted by Gasteiger charge is -2.35. The molecule has 27 heavy (non-hydrogen) atoms. The standard InChI is InChI=1S/C15H13Cl3F3N5O/c16-10-5-9(15(19,20)21)6-22-13(10)25-3-1-24(2-4-25)8-26-14(27)12(18)11(17)7-23-26/h5-7H,1-4,8H2. The lowest BCUT2D eigenvalue weighted by Crippen LogP contribution is -2.48. The van der Waals surface area contributed by atoms with Gasteiger partial charge >= 0.3 is 6.18 Å². The van der Waals surface area contributed by atoms with Crippen molar-refractivity contribution in [1.29, 1.82) is 0 Å². The van der Waals surface area contributed by atoms with Gasteiger partial charge in [-0.1, -0.05) is 34.8 Å². The summed E-state index contributed by atoms with van der Waals surface area (Å²) in [4.78, 5) is 19.7. The van der Waals surface area contributed by atoms with Gasteiger partial charge in [0.05, 0.1) is 28.5 Å². The van der Waals surface area contributed by atoms with E-state index in [2.05, 4.69) is 10.1 Å². The zero-order chi connectivity index (χ0) is 19.8. The number of aromatic nitrogens is 3. The quantitative estimate of drug-likeness (QED) is 0.729. The summed E-state index contributed by atoms with van der Waals surface area (Å²) in [6.45, 7) is 2.25. The summed E-state index contributed by atoms with van der Waals surface area (Å²) >= 11 is 17.6. The second kappa shape index (κ2) is 7.83. The zero-order valence-electron chi connectivity index (χ0n) is 13.7. The highest BCUT2D eigenvalue weighted by Gasteiger charge is 2.32. The Hall–Kier alpha value is -1.55. The highest BCUT2D eigenvalue weighted by molar-refractivity contribution is 6.41. The fourth-order valence-corrected chi connectivity index (χ4v) is 3.21. The molecule has 146 valence electrons. The van der Waals surface area contributed by atoms with Crippen molar-refractivity contribution in [3.63, 3.8) is 0 Å². The fraction of sp³-hybridized carbons (Fsp3) is 0.400. The third kappa shape index (κ3) is 4.48. The first-order valence-corrected chi connectivity index (χ1v) is 8.91. The molecule has 1 saturated heterocycles. The van der Waals surface area contributed by atoms with Crippen LogP contribution in [0, 0.1) is 0 Å². The Balaban J connectivity index is 1.66. The zero-order valence-corrected chi connectivity index (χ0v) is 15.9. The number of pyridine rings is 1. The third-order valence-electron chi connectivity index (χ3n) is 4.10. The molecule has 1 fully saturated rings. The first-order valence-electron chi connectivity index (χ1n) is 7.78. The fourth-order valence-electron chi connectivity index (χ4n) is 2.65. The van der Waals surface area contributed by atoms with Crippen LogP contribution in [0.5, 0.6) is 0 Å². The predicted molar refractivity (Wildman–Crippen MR) is 96.6 cm³/mol. The molecule has 0 atom stereocenters. The van der Waals surface area contributed by atoms with Crippen LogP contribution < -0.4 is 10.5 Å². The highest BCUT2D eigenvalue weighted by atomic mass is 35.5.